The maximum atomic E-state index is 12.8. The zero-order valence-corrected chi connectivity index (χ0v) is 21.8. The van der Waals surface area contributed by atoms with Crippen molar-refractivity contribution in [2.45, 2.75) is 19.0 Å². The average Bonchev–Trinajstić information content (AvgIpc) is 2.93. The van der Waals surface area contributed by atoms with Gasteiger partial charge in [0.2, 0.25) is 5.82 Å². The summed E-state index contributed by atoms with van der Waals surface area (Å²) in [6.07, 6.45) is 2.62. The molecular formula is C26H26F3N7OS. The van der Waals surface area contributed by atoms with Gasteiger partial charge < -0.3 is 10.6 Å². The molecule has 2 N–H and O–H groups in total. The van der Waals surface area contributed by atoms with Gasteiger partial charge in [-0.05, 0) is 35.5 Å². The van der Waals surface area contributed by atoms with E-state index in [-0.39, 0.29) is 17.7 Å². The minimum atomic E-state index is -4.61. The first-order chi connectivity index (χ1) is 18.2. The van der Waals surface area contributed by atoms with Gasteiger partial charge in [-0.2, -0.15) is 24.9 Å². The van der Waals surface area contributed by atoms with E-state index in [4.69, 9.17) is 0 Å². The molecule has 4 rings (SSSR count). The van der Waals surface area contributed by atoms with E-state index < -0.39 is 12.0 Å². The molecule has 8 nitrogen and oxygen atoms in total. The number of hydrogen-bond acceptors (Lipinski definition) is 8. The number of nitrogens with one attached hydrogen (secondary N) is 2. The number of carbonyl (C=O) groups excluding carboxylic acids is 1. The van der Waals surface area contributed by atoms with Gasteiger partial charge in [0.25, 0.3) is 5.91 Å². The van der Waals surface area contributed by atoms with Crippen LogP contribution in [0.25, 0.3) is 22.2 Å². The Bertz CT molecular complexity index is 1420. The van der Waals surface area contributed by atoms with Crippen LogP contribution in [0.4, 0.5) is 19.0 Å². The van der Waals surface area contributed by atoms with Crippen LogP contribution in [-0.4, -0.2) is 56.4 Å². The number of aromatic nitrogens is 5. The van der Waals surface area contributed by atoms with Crippen molar-refractivity contribution in [3.8, 4) is 11.3 Å². The lowest BCUT2D eigenvalue weighted by Gasteiger charge is -2.25. The molecule has 0 aliphatic heterocycles. The van der Waals surface area contributed by atoms with Crippen LogP contribution in [0.5, 0.6) is 0 Å². The summed E-state index contributed by atoms with van der Waals surface area (Å²) in [5, 5.41) is 6.82. The highest BCUT2D eigenvalue weighted by molar-refractivity contribution is 7.98. The molecule has 0 aliphatic carbocycles. The normalized spacial score (nSPS) is 13.2. The second-order valence-electron chi connectivity index (χ2n) is 8.65. The summed E-state index contributed by atoms with van der Waals surface area (Å²) < 4.78 is 38.4. The largest absolute Gasteiger partial charge is 0.451 e. The predicted octanol–water partition coefficient (Wildman–Crippen LogP) is 5.06. The van der Waals surface area contributed by atoms with Gasteiger partial charge in [0.1, 0.15) is 12.1 Å². The maximum absolute atomic E-state index is 12.8. The number of anilines is 1. The lowest BCUT2D eigenvalue weighted by molar-refractivity contribution is -0.144. The fourth-order valence-electron chi connectivity index (χ4n) is 4.20. The molecule has 0 saturated heterocycles. The number of carbonyl (C=O) groups is 1. The summed E-state index contributed by atoms with van der Waals surface area (Å²) in [5.41, 5.74) is 3.17. The van der Waals surface area contributed by atoms with E-state index in [1.54, 1.807) is 37.1 Å². The smallest absolute Gasteiger partial charge is 0.370 e. The fraction of sp³-hybridized carbons (Fsp3) is 0.308. The molecule has 3 aromatic heterocycles. The SMILES string of the molecule is CNC(=O)c1ccnc2c(C(C)C(CNc3cc(-c4cnc(C(F)(F)F)nc4)ncn3)CSC)cccc12. The number of pyridine rings is 1. The first-order valence-electron chi connectivity index (χ1n) is 11.8. The van der Waals surface area contributed by atoms with E-state index in [1.165, 1.54) is 6.33 Å². The number of benzene rings is 1. The minimum Gasteiger partial charge on any atom is -0.370 e. The third-order valence-electron chi connectivity index (χ3n) is 6.27. The minimum absolute atomic E-state index is 0.0932. The molecule has 198 valence electrons. The number of rotatable bonds is 9. The fourth-order valence-corrected chi connectivity index (χ4v) is 5.04. The van der Waals surface area contributed by atoms with E-state index >= 15 is 0 Å². The Morgan fingerprint density at radius 1 is 1.08 bits per heavy atom. The Balaban J connectivity index is 1.55. The van der Waals surface area contributed by atoms with Gasteiger partial charge in [0.05, 0.1) is 16.8 Å². The molecule has 0 spiro atoms. The van der Waals surface area contributed by atoms with Crippen molar-refractivity contribution in [3.63, 3.8) is 0 Å². The summed E-state index contributed by atoms with van der Waals surface area (Å²) in [4.78, 5) is 32.2. The monoisotopic (exact) mass is 541 g/mol. The van der Waals surface area contributed by atoms with Crippen molar-refractivity contribution in [2.24, 2.45) is 5.92 Å². The molecule has 0 bridgehead atoms. The van der Waals surface area contributed by atoms with E-state index in [1.807, 2.05) is 24.5 Å². The van der Waals surface area contributed by atoms with Crippen molar-refractivity contribution < 1.29 is 18.0 Å². The molecule has 4 aromatic rings. The van der Waals surface area contributed by atoms with E-state index in [2.05, 4.69) is 42.5 Å². The summed E-state index contributed by atoms with van der Waals surface area (Å²) in [5.74, 6) is 0.288. The van der Waals surface area contributed by atoms with Crippen LogP contribution in [0.2, 0.25) is 0 Å². The third kappa shape index (κ3) is 6.01. The van der Waals surface area contributed by atoms with Crippen molar-refractivity contribution >= 4 is 34.4 Å². The number of halogens is 3. The Labute approximate surface area is 221 Å². The van der Waals surface area contributed by atoms with Gasteiger partial charge in [-0.3, -0.25) is 9.78 Å². The zero-order valence-electron chi connectivity index (χ0n) is 21.0. The lowest BCUT2D eigenvalue weighted by atomic mass is 9.86. The molecule has 12 heteroatoms. The zero-order chi connectivity index (χ0) is 27.3. The van der Waals surface area contributed by atoms with Gasteiger partial charge in [-0.1, -0.05) is 25.1 Å². The number of nitrogens with zero attached hydrogens (tertiary/aromatic N) is 5. The Hall–Kier alpha value is -3.80. The highest BCUT2D eigenvalue weighted by Gasteiger charge is 2.34. The summed E-state index contributed by atoms with van der Waals surface area (Å²) >= 11 is 1.72. The molecule has 0 radical (unpaired) electrons. The average molecular weight is 542 g/mol. The molecule has 1 amide bonds. The number of amides is 1. The van der Waals surface area contributed by atoms with Crippen LogP contribution in [0.1, 0.15) is 34.6 Å². The van der Waals surface area contributed by atoms with Gasteiger partial charge >= 0.3 is 6.18 Å². The van der Waals surface area contributed by atoms with E-state index in [9.17, 15) is 18.0 Å². The molecule has 1 aromatic carbocycles. The number of hydrogen-bond donors (Lipinski definition) is 2. The third-order valence-corrected chi connectivity index (χ3v) is 7.03. The van der Waals surface area contributed by atoms with Crippen LogP contribution < -0.4 is 10.6 Å². The number of alkyl halides is 3. The van der Waals surface area contributed by atoms with Crippen molar-refractivity contribution in [3.05, 3.63) is 72.2 Å². The number of fused-ring (bicyclic) bond motifs is 1. The molecule has 3 heterocycles. The summed E-state index contributed by atoms with van der Waals surface area (Å²) in [7, 11) is 1.60. The second-order valence-corrected chi connectivity index (χ2v) is 9.56. The molecule has 38 heavy (non-hydrogen) atoms. The Morgan fingerprint density at radius 3 is 2.53 bits per heavy atom. The van der Waals surface area contributed by atoms with Crippen LogP contribution >= 0.6 is 11.8 Å². The summed E-state index contributed by atoms with van der Waals surface area (Å²) in [6, 6.07) is 9.24. The predicted molar refractivity (Wildman–Crippen MR) is 142 cm³/mol. The van der Waals surface area contributed by atoms with Crippen molar-refractivity contribution in [1.29, 1.82) is 0 Å². The Morgan fingerprint density at radius 2 is 1.84 bits per heavy atom. The van der Waals surface area contributed by atoms with Crippen LogP contribution in [0, 0.1) is 5.92 Å². The van der Waals surface area contributed by atoms with Gasteiger partial charge in [-0.25, -0.2) is 19.9 Å². The first-order valence-corrected chi connectivity index (χ1v) is 13.2. The molecule has 0 aliphatic rings. The topological polar surface area (TPSA) is 106 Å². The van der Waals surface area contributed by atoms with Gasteiger partial charge in [0, 0.05) is 49.2 Å². The first kappa shape index (κ1) is 27.2. The van der Waals surface area contributed by atoms with Crippen molar-refractivity contribution in [1.82, 2.24) is 30.2 Å². The highest BCUT2D eigenvalue weighted by Crippen LogP contribution is 2.33. The van der Waals surface area contributed by atoms with Gasteiger partial charge in [0.15, 0.2) is 0 Å². The lowest BCUT2D eigenvalue weighted by Crippen LogP contribution is -2.23. The Kier molecular flexibility index (Phi) is 8.40. The highest BCUT2D eigenvalue weighted by atomic mass is 32.2. The molecular weight excluding hydrogens is 515 g/mol. The van der Waals surface area contributed by atoms with Crippen LogP contribution in [0.15, 0.2) is 55.2 Å². The maximum Gasteiger partial charge on any atom is 0.451 e. The van der Waals surface area contributed by atoms with Crippen molar-refractivity contribution in [2.75, 3.05) is 30.9 Å². The van der Waals surface area contributed by atoms with Gasteiger partial charge in [-0.15, -0.1) is 0 Å². The quantitative estimate of drug-likeness (QED) is 0.303. The molecule has 0 fully saturated rings. The van der Waals surface area contributed by atoms with E-state index in [0.29, 0.717) is 29.2 Å². The number of thioether (sulfide) groups is 1. The second kappa shape index (κ2) is 11.7. The standard InChI is InChI=1S/C26H26F3N7OS/c1-15(18-5-4-6-19-20(24(37)30-2)7-8-31-23(18)19)17(13-38-3)12-32-22-9-21(35-14-36-22)16-10-33-25(34-11-16)26(27,28)29/h4-11,14-15,17H,12-13H2,1-3H3,(H,30,37)(H,32,35,36). The number of para-hydroxylation sites is 1. The van der Waals surface area contributed by atoms with E-state index in [0.717, 1.165) is 34.6 Å². The molecule has 2 atom stereocenters. The van der Waals surface area contributed by atoms with Crippen LogP contribution in [-0.2, 0) is 6.18 Å². The summed E-state index contributed by atoms with van der Waals surface area (Å²) in [6.45, 7) is 2.71. The molecule has 2 unspecified atom stereocenters. The molecule has 0 saturated carbocycles. The van der Waals surface area contributed by atoms with Crippen LogP contribution in [0.3, 0.4) is 0 Å².